The van der Waals surface area contributed by atoms with Crippen LogP contribution in [0.4, 0.5) is 0 Å². The second kappa shape index (κ2) is 4.91. The number of aromatic nitrogens is 4. The Balaban J connectivity index is 2.33. The summed E-state index contributed by atoms with van der Waals surface area (Å²) in [7, 11) is 0. The zero-order valence-corrected chi connectivity index (χ0v) is 11.7. The van der Waals surface area contributed by atoms with Crippen molar-refractivity contribution in [1.29, 1.82) is 0 Å². The second-order valence-corrected chi connectivity index (χ2v) is 5.57. The van der Waals surface area contributed by atoms with Gasteiger partial charge in [0.1, 0.15) is 0 Å². The Labute approximate surface area is 112 Å². The summed E-state index contributed by atoms with van der Waals surface area (Å²) in [6.45, 7) is 7.86. The van der Waals surface area contributed by atoms with Crippen LogP contribution in [0, 0.1) is 0 Å². The second-order valence-electron chi connectivity index (χ2n) is 5.57. The fourth-order valence-electron chi connectivity index (χ4n) is 1.91. The Bertz CT molecular complexity index is 569. The molecule has 0 aliphatic carbocycles. The number of hydrogen-bond acceptors (Lipinski definition) is 4. The molecule has 0 bridgehead atoms. The molecule has 1 aromatic heterocycles. The normalized spacial score (nSPS) is 13.3. The van der Waals surface area contributed by atoms with Crippen LogP contribution in [0.25, 0.3) is 0 Å². The number of hydrogen-bond donors (Lipinski definition) is 0. The summed E-state index contributed by atoms with van der Waals surface area (Å²) in [6.07, 6.45) is 0. The summed E-state index contributed by atoms with van der Waals surface area (Å²) in [5.74, 6) is 0.263. The van der Waals surface area contributed by atoms with Crippen LogP contribution in [0.2, 0.25) is 0 Å². The maximum Gasteiger partial charge on any atom is 0.173 e. The number of nitrogens with zero attached hydrogens (tertiary/aromatic N) is 4. The average molecular weight is 258 g/mol. The summed E-state index contributed by atoms with van der Waals surface area (Å²) in [4.78, 5) is 12.4. The molecule has 0 aliphatic heterocycles. The van der Waals surface area contributed by atoms with Crippen molar-refractivity contribution in [1.82, 2.24) is 20.2 Å². The molecule has 0 N–H and O–H groups in total. The van der Waals surface area contributed by atoms with E-state index in [1.54, 1.807) is 4.68 Å². The van der Waals surface area contributed by atoms with Gasteiger partial charge in [-0.3, -0.25) is 4.79 Å². The zero-order chi connectivity index (χ0) is 14.0. The molecule has 0 spiro atoms. The summed E-state index contributed by atoms with van der Waals surface area (Å²) >= 11 is 0. The van der Waals surface area contributed by atoms with Crippen molar-refractivity contribution in [3.05, 3.63) is 41.7 Å². The highest BCUT2D eigenvalue weighted by Crippen LogP contribution is 2.22. The Morgan fingerprint density at radius 3 is 2.42 bits per heavy atom. The van der Waals surface area contributed by atoms with Crippen LogP contribution >= 0.6 is 0 Å². The van der Waals surface area contributed by atoms with Crippen molar-refractivity contribution >= 4 is 5.78 Å². The van der Waals surface area contributed by atoms with Gasteiger partial charge in [-0.2, -0.15) is 0 Å². The molecule has 1 unspecified atom stereocenters. The third-order valence-electron chi connectivity index (χ3n) is 2.97. The number of rotatable bonds is 3. The lowest BCUT2D eigenvalue weighted by Gasteiger charge is -2.21. The van der Waals surface area contributed by atoms with E-state index in [1.165, 1.54) is 0 Å². The summed E-state index contributed by atoms with van der Waals surface area (Å²) < 4.78 is 1.71. The monoisotopic (exact) mass is 258 g/mol. The van der Waals surface area contributed by atoms with E-state index in [0.717, 1.165) is 0 Å². The molecule has 2 aromatic rings. The van der Waals surface area contributed by atoms with E-state index >= 15 is 0 Å². The molecule has 0 aliphatic rings. The largest absolute Gasteiger partial charge is 0.293 e. The Morgan fingerprint density at radius 1 is 1.21 bits per heavy atom. The molecule has 2 rings (SSSR count). The Morgan fingerprint density at radius 2 is 1.84 bits per heavy atom. The number of tetrazole rings is 1. The highest BCUT2D eigenvalue weighted by Gasteiger charge is 2.27. The Hall–Kier alpha value is -2.04. The van der Waals surface area contributed by atoms with E-state index in [1.807, 2.05) is 58.0 Å². The third-order valence-corrected chi connectivity index (χ3v) is 2.97. The van der Waals surface area contributed by atoms with Crippen LogP contribution in [0.15, 0.2) is 30.3 Å². The first-order chi connectivity index (χ1) is 8.91. The van der Waals surface area contributed by atoms with Crippen LogP contribution < -0.4 is 0 Å². The van der Waals surface area contributed by atoms with E-state index in [0.29, 0.717) is 11.4 Å². The minimum atomic E-state index is -0.364. The van der Waals surface area contributed by atoms with Crippen LogP contribution in [0.1, 0.15) is 49.8 Å². The molecule has 0 radical (unpaired) electrons. The van der Waals surface area contributed by atoms with Gasteiger partial charge in [0.15, 0.2) is 11.6 Å². The first-order valence-corrected chi connectivity index (χ1v) is 6.29. The molecular formula is C14H18N4O. The van der Waals surface area contributed by atoms with Crippen LogP contribution in [0.3, 0.4) is 0 Å². The molecular weight excluding hydrogens is 240 g/mol. The van der Waals surface area contributed by atoms with E-state index in [4.69, 9.17) is 0 Å². The van der Waals surface area contributed by atoms with E-state index in [2.05, 4.69) is 15.5 Å². The van der Waals surface area contributed by atoms with Gasteiger partial charge < -0.3 is 0 Å². The van der Waals surface area contributed by atoms with E-state index in [9.17, 15) is 4.79 Å². The third kappa shape index (κ3) is 2.70. The highest BCUT2D eigenvalue weighted by atomic mass is 16.1. The van der Waals surface area contributed by atoms with Gasteiger partial charge in [0, 0.05) is 5.56 Å². The molecule has 0 saturated carbocycles. The molecule has 1 atom stereocenters. The van der Waals surface area contributed by atoms with Crippen molar-refractivity contribution in [3.8, 4) is 0 Å². The lowest BCUT2D eigenvalue weighted by atomic mass is 9.97. The fraction of sp³-hybridized carbons (Fsp3) is 0.429. The summed E-state index contributed by atoms with van der Waals surface area (Å²) in [5, 5.41) is 11.7. The predicted octanol–water partition coefficient (Wildman–Crippen LogP) is 2.41. The van der Waals surface area contributed by atoms with Gasteiger partial charge in [0.05, 0.1) is 11.5 Å². The van der Waals surface area contributed by atoms with Crippen molar-refractivity contribution in [2.45, 2.75) is 39.2 Å². The number of ketones is 1. The van der Waals surface area contributed by atoms with Gasteiger partial charge in [-0.15, -0.1) is 5.10 Å². The lowest BCUT2D eigenvalue weighted by molar-refractivity contribution is 0.0958. The SMILES string of the molecule is CC(C(=O)c1ccccc1)c1nnnn1C(C)(C)C. The molecule has 5 heteroatoms. The highest BCUT2D eigenvalue weighted by molar-refractivity contribution is 6.00. The number of benzene rings is 1. The topological polar surface area (TPSA) is 60.7 Å². The van der Waals surface area contributed by atoms with Crippen molar-refractivity contribution in [3.63, 3.8) is 0 Å². The smallest absolute Gasteiger partial charge is 0.173 e. The van der Waals surface area contributed by atoms with Gasteiger partial charge in [-0.1, -0.05) is 30.3 Å². The maximum absolute atomic E-state index is 12.4. The predicted molar refractivity (Wildman–Crippen MR) is 72.0 cm³/mol. The zero-order valence-electron chi connectivity index (χ0n) is 11.7. The van der Waals surface area contributed by atoms with Crippen LogP contribution in [0.5, 0.6) is 0 Å². The first kappa shape index (κ1) is 13.4. The molecule has 1 heterocycles. The van der Waals surface area contributed by atoms with Gasteiger partial charge in [0.25, 0.3) is 0 Å². The molecule has 5 nitrogen and oxygen atoms in total. The minimum Gasteiger partial charge on any atom is -0.293 e. The number of Topliss-reactive ketones (excluding diaryl/α,β-unsaturated/α-hetero) is 1. The summed E-state index contributed by atoms with van der Waals surface area (Å²) in [5.41, 5.74) is 0.433. The minimum absolute atomic E-state index is 0.0286. The average Bonchev–Trinajstić information content (AvgIpc) is 2.87. The summed E-state index contributed by atoms with van der Waals surface area (Å²) in [6, 6.07) is 9.22. The lowest BCUT2D eigenvalue weighted by Crippen LogP contribution is -2.28. The van der Waals surface area contributed by atoms with E-state index < -0.39 is 0 Å². The molecule has 0 fully saturated rings. The quantitative estimate of drug-likeness (QED) is 0.793. The van der Waals surface area contributed by atoms with E-state index in [-0.39, 0.29) is 17.2 Å². The molecule has 19 heavy (non-hydrogen) atoms. The van der Waals surface area contributed by atoms with Crippen LogP contribution in [-0.4, -0.2) is 26.0 Å². The molecule has 100 valence electrons. The first-order valence-electron chi connectivity index (χ1n) is 6.29. The van der Waals surface area contributed by atoms with Gasteiger partial charge in [-0.05, 0) is 38.1 Å². The standard InChI is InChI=1S/C14H18N4O/c1-10(12(19)11-8-6-5-7-9-11)13-15-16-17-18(13)14(2,3)4/h5-10H,1-4H3. The Kier molecular flexibility index (Phi) is 3.46. The molecule has 0 amide bonds. The van der Waals surface area contributed by atoms with Crippen molar-refractivity contribution in [2.75, 3.05) is 0 Å². The van der Waals surface area contributed by atoms with Gasteiger partial charge in [0.2, 0.25) is 0 Å². The van der Waals surface area contributed by atoms with Gasteiger partial charge >= 0.3 is 0 Å². The maximum atomic E-state index is 12.4. The molecule has 0 saturated heterocycles. The van der Waals surface area contributed by atoms with Crippen molar-refractivity contribution in [2.24, 2.45) is 0 Å². The fourth-order valence-corrected chi connectivity index (χ4v) is 1.91. The molecule has 1 aromatic carbocycles. The number of carbonyl (C=O) groups is 1. The van der Waals surface area contributed by atoms with Crippen molar-refractivity contribution < 1.29 is 4.79 Å². The van der Waals surface area contributed by atoms with Gasteiger partial charge in [-0.25, -0.2) is 4.68 Å². The van der Waals surface area contributed by atoms with Crippen LogP contribution in [-0.2, 0) is 5.54 Å². The number of carbonyl (C=O) groups excluding carboxylic acids is 1.